The average molecular weight is 572 g/mol. The van der Waals surface area contributed by atoms with Crippen LogP contribution in [0.2, 0.25) is 0 Å². The number of pyridine rings is 1. The molecule has 2 aliphatic heterocycles. The first kappa shape index (κ1) is 27.6. The second-order valence-corrected chi connectivity index (χ2v) is 8.61. The molecule has 0 saturated carbocycles. The Bertz CT molecular complexity index is 737. The first-order valence-electron chi connectivity index (χ1n) is 12.4. The number of aromatic nitrogens is 1. The smallest absolute Gasteiger partial charge is 0.222 e. The largest absolute Gasteiger partial charge is 0.357 e. The predicted molar refractivity (Wildman–Crippen MR) is 146 cm³/mol. The summed E-state index contributed by atoms with van der Waals surface area (Å²) in [4.78, 5) is 28.4. The minimum atomic E-state index is 0. The molecule has 186 valence electrons. The number of guanidine groups is 1. The van der Waals surface area contributed by atoms with Crippen LogP contribution in [0.3, 0.4) is 0 Å². The van der Waals surface area contributed by atoms with Gasteiger partial charge in [0, 0.05) is 65.0 Å². The number of anilines is 1. The van der Waals surface area contributed by atoms with Crippen molar-refractivity contribution in [1.82, 2.24) is 25.4 Å². The molecule has 1 aromatic rings. The van der Waals surface area contributed by atoms with Crippen LogP contribution < -0.4 is 15.5 Å². The van der Waals surface area contributed by atoms with Gasteiger partial charge in [-0.1, -0.05) is 13.3 Å². The second-order valence-electron chi connectivity index (χ2n) is 8.61. The molecule has 9 heteroatoms. The SMILES string of the molecule is CCNC(=NCc1ccnc(N2CCN(CC)CC2)c1)NCCCN1CCCCCC1=O.I. The number of nitrogens with zero attached hydrogens (tertiary/aromatic N) is 5. The van der Waals surface area contributed by atoms with Gasteiger partial charge >= 0.3 is 0 Å². The van der Waals surface area contributed by atoms with E-state index < -0.39 is 0 Å². The Labute approximate surface area is 216 Å². The van der Waals surface area contributed by atoms with E-state index in [4.69, 9.17) is 4.99 Å². The highest BCUT2D eigenvalue weighted by Gasteiger charge is 2.17. The molecule has 2 N–H and O–H groups in total. The molecule has 0 spiro atoms. The van der Waals surface area contributed by atoms with E-state index >= 15 is 0 Å². The van der Waals surface area contributed by atoms with Gasteiger partial charge in [0.2, 0.25) is 5.91 Å². The van der Waals surface area contributed by atoms with Gasteiger partial charge in [0.05, 0.1) is 6.54 Å². The molecule has 0 aromatic carbocycles. The molecule has 2 aliphatic rings. The molecule has 0 radical (unpaired) electrons. The molecule has 3 rings (SSSR count). The molecular weight excluding hydrogens is 529 g/mol. The maximum atomic E-state index is 12.1. The van der Waals surface area contributed by atoms with Crippen molar-refractivity contribution in [3.8, 4) is 0 Å². The van der Waals surface area contributed by atoms with Gasteiger partial charge in [0.1, 0.15) is 5.82 Å². The fourth-order valence-electron chi connectivity index (χ4n) is 4.29. The summed E-state index contributed by atoms with van der Waals surface area (Å²) in [6.45, 7) is 13.6. The Morgan fingerprint density at radius 1 is 1.09 bits per heavy atom. The number of hydrogen-bond donors (Lipinski definition) is 2. The van der Waals surface area contributed by atoms with Crippen LogP contribution in [0.5, 0.6) is 0 Å². The Morgan fingerprint density at radius 2 is 1.91 bits per heavy atom. The molecule has 1 amide bonds. The maximum absolute atomic E-state index is 12.1. The molecular formula is C24H42IN7O. The zero-order valence-electron chi connectivity index (χ0n) is 20.4. The van der Waals surface area contributed by atoms with Crippen molar-refractivity contribution in [2.45, 2.75) is 52.5 Å². The van der Waals surface area contributed by atoms with E-state index in [0.29, 0.717) is 18.9 Å². The molecule has 0 atom stereocenters. The van der Waals surface area contributed by atoms with Gasteiger partial charge in [-0.3, -0.25) is 4.79 Å². The summed E-state index contributed by atoms with van der Waals surface area (Å²) in [5.74, 6) is 2.19. The number of halogens is 1. The van der Waals surface area contributed by atoms with Crippen molar-refractivity contribution in [3.63, 3.8) is 0 Å². The topological polar surface area (TPSA) is 76.1 Å². The number of likely N-dealkylation sites (tertiary alicyclic amines) is 1. The lowest BCUT2D eigenvalue weighted by molar-refractivity contribution is -0.130. The highest BCUT2D eigenvalue weighted by atomic mass is 127. The fourth-order valence-corrected chi connectivity index (χ4v) is 4.29. The van der Waals surface area contributed by atoms with Gasteiger partial charge in [-0.2, -0.15) is 0 Å². The van der Waals surface area contributed by atoms with Crippen molar-refractivity contribution in [2.75, 3.05) is 63.8 Å². The second kappa shape index (κ2) is 15.3. The number of aliphatic imine (C=N–C) groups is 1. The third-order valence-electron chi connectivity index (χ3n) is 6.29. The van der Waals surface area contributed by atoms with Gasteiger partial charge in [0.25, 0.3) is 0 Å². The number of carbonyl (C=O) groups excluding carboxylic acids is 1. The van der Waals surface area contributed by atoms with Crippen LogP contribution in [0.15, 0.2) is 23.3 Å². The average Bonchev–Trinajstić information content (AvgIpc) is 3.04. The molecule has 0 bridgehead atoms. The van der Waals surface area contributed by atoms with E-state index in [1.54, 1.807) is 0 Å². The van der Waals surface area contributed by atoms with Crippen LogP contribution in [0, 0.1) is 0 Å². The quantitative estimate of drug-likeness (QED) is 0.206. The number of rotatable bonds is 9. The van der Waals surface area contributed by atoms with Gasteiger partial charge in [-0.15, -0.1) is 24.0 Å². The van der Waals surface area contributed by atoms with Crippen LogP contribution in [0.1, 0.15) is 51.5 Å². The zero-order chi connectivity index (χ0) is 22.6. The summed E-state index contributed by atoms with van der Waals surface area (Å²) in [6, 6.07) is 4.21. The minimum Gasteiger partial charge on any atom is -0.357 e. The van der Waals surface area contributed by atoms with Crippen LogP contribution in [0.25, 0.3) is 0 Å². The van der Waals surface area contributed by atoms with E-state index in [2.05, 4.69) is 45.3 Å². The number of amides is 1. The van der Waals surface area contributed by atoms with Gasteiger partial charge < -0.3 is 25.3 Å². The van der Waals surface area contributed by atoms with Crippen molar-refractivity contribution < 1.29 is 4.79 Å². The van der Waals surface area contributed by atoms with E-state index in [9.17, 15) is 4.79 Å². The molecule has 2 fully saturated rings. The molecule has 2 saturated heterocycles. The zero-order valence-corrected chi connectivity index (χ0v) is 22.7. The molecule has 33 heavy (non-hydrogen) atoms. The van der Waals surface area contributed by atoms with Gasteiger partial charge in [-0.05, 0) is 50.4 Å². The normalized spacial score (nSPS) is 18.0. The van der Waals surface area contributed by atoms with Crippen LogP contribution >= 0.6 is 24.0 Å². The van der Waals surface area contributed by atoms with Crippen molar-refractivity contribution in [3.05, 3.63) is 23.9 Å². The number of nitrogens with one attached hydrogen (secondary N) is 2. The minimum absolute atomic E-state index is 0. The van der Waals surface area contributed by atoms with Gasteiger partial charge in [-0.25, -0.2) is 9.98 Å². The lowest BCUT2D eigenvalue weighted by atomic mass is 10.2. The molecule has 1 aromatic heterocycles. The maximum Gasteiger partial charge on any atom is 0.222 e. The number of likely N-dealkylation sites (N-methyl/N-ethyl adjacent to an activating group) is 1. The van der Waals surface area contributed by atoms with Crippen LogP contribution in [-0.2, 0) is 11.3 Å². The summed E-state index contributed by atoms with van der Waals surface area (Å²) >= 11 is 0. The first-order valence-corrected chi connectivity index (χ1v) is 12.4. The molecule has 3 heterocycles. The summed E-state index contributed by atoms with van der Waals surface area (Å²) in [6.07, 6.45) is 6.87. The third kappa shape index (κ3) is 9.27. The first-order chi connectivity index (χ1) is 15.7. The Kier molecular flexibility index (Phi) is 12.8. The summed E-state index contributed by atoms with van der Waals surface area (Å²) < 4.78 is 0. The van der Waals surface area contributed by atoms with E-state index in [1.807, 2.05) is 17.2 Å². The number of carbonyl (C=O) groups is 1. The summed E-state index contributed by atoms with van der Waals surface area (Å²) in [5, 5.41) is 6.75. The number of hydrogen-bond acceptors (Lipinski definition) is 5. The van der Waals surface area contributed by atoms with Crippen molar-refractivity contribution in [2.24, 2.45) is 4.99 Å². The standard InChI is InChI=1S/C24H41N7O.HI/c1-3-25-24(27-11-8-14-31-13-7-5-6-9-23(31)32)28-20-21-10-12-26-22(19-21)30-17-15-29(4-2)16-18-30;/h10,12,19H,3-9,11,13-18,20H2,1-2H3,(H2,25,27,28);1H. The lowest BCUT2D eigenvalue weighted by Crippen LogP contribution is -2.46. The Hall–Kier alpha value is -1.62. The lowest BCUT2D eigenvalue weighted by Gasteiger charge is -2.34. The van der Waals surface area contributed by atoms with E-state index in [0.717, 1.165) is 89.9 Å². The van der Waals surface area contributed by atoms with Crippen molar-refractivity contribution >= 4 is 41.7 Å². The monoisotopic (exact) mass is 571 g/mol. The molecule has 0 aliphatic carbocycles. The summed E-state index contributed by atoms with van der Waals surface area (Å²) in [7, 11) is 0. The summed E-state index contributed by atoms with van der Waals surface area (Å²) in [5.41, 5.74) is 1.17. The van der Waals surface area contributed by atoms with Crippen molar-refractivity contribution in [1.29, 1.82) is 0 Å². The van der Waals surface area contributed by atoms with E-state index in [1.165, 1.54) is 12.0 Å². The third-order valence-corrected chi connectivity index (χ3v) is 6.29. The fraction of sp³-hybridized carbons (Fsp3) is 0.708. The van der Waals surface area contributed by atoms with E-state index in [-0.39, 0.29) is 24.0 Å². The Morgan fingerprint density at radius 3 is 2.67 bits per heavy atom. The highest BCUT2D eigenvalue weighted by molar-refractivity contribution is 14.0. The van der Waals surface area contributed by atoms with Crippen LogP contribution in [0.4, 0.5) is 5.82 Å². The molecule has 8 nitrogen and oxygen atoms in total. The number of piperazine rings is 1. The highest BCUT2D eigenvalue weighted by Crippen LogP contribution is 2.16. The van der Waals surface area contributed by atoms with Crippen LogP contribution in [-0.4, -0.2) is 85.6 Å². The molecule has 0 unspecified atom stereocenters. The predicted octanol–water partition coefficient (Wildman–Crippen LogP) is 2.69. The van der Waals surface area contributed by atoms with Gasteiger partial charge in [0.15, 0.2) is 5.96 Å². The Balaban J connectivity index is 0.00000385.